The lowest BCUT2D eigenvalue weighted by molar-refractivity contribution is -0.119. The molecule has 7 nitrogen and oxygen atoms in total. The summed E-state index contributed by atoms with van der Waals surface area (Å²) in [6.45, 7) is 5.31. The number of halogens is 4. The molecular weight excluding hydrogens is 372 g/mol. The largest absolute Gasteiger partial charge is 0.505 e. The molecule has 11 heteroatoms. The first-order valence-corrected chi connectivity index (χ1v) is 8.21. The van der Waals surface area contributed by atoms with E-state index in [0.717, 1.165) is 25.9 Å². The van der Waals surface area contributed by atoms with Crippen LogP contribution >= 0.6 is 0 Å². The first-order chi connectivity index (χ1) is 12.7. The van der Waals surface area contributed by atoms with Crippen LogP contribution in [0.5, 0.6) is 5.75 Å². The number of aliphatic hydroxyl groups excluding tert-OH is 1. The van der Waals surface area contributed by atoms with Crippen molar-refractivity contribution < 1.29 is 32.2 Å². The van der Waals surface area contributed by atoms with E-state index in [1.54, 1.807) is 0 Å². The van der Waals surface area contributed by atoms with Gasteiger partial charge in [0.2, 0.25) is 0 Å². The number of carbonyl (C=O) groups is 1. The fourth-order valence-electron chi connectivity index (χ4n) is 2.19. The first-order valence-electron chi connectivity index (χ1n) is 8.21. The summed E-state index contributed by atoms with van der Waals surface area (Å²) in [6.07, 6.45) is -2.54. The quantitative estimate of drug-likeness (QED) is 0.413. The molecule has 0 radical (unpaired) electrons. The minimum absolute atomic E-state index is 0.0180. The zero-order valence-corrected chi connectivity index (χ0v) is 14.4. The molecule has 0 atom stereocenters. The fraction of sp³-hybridized carbons (Fsp3) is 0.500. The topological polar surface area (TPSA) is 86.7 Å². The van der Waals surface area contributed by atoms with Crippen LogP contribution in [-0.2, 0) is 0 Å². The van der Waals surface area contributed by atoms with Crippen LogP contribution in [0, 0.1) is 5.95 Å². The second-order valence-corrected chi connectivity index (χ2v) is 5.96. The molecule has 1 aromatic rings. The van der Waals surface area contributed by atoms with Crippen molar-refractivity contribution in [3.63, 3.8) is 0 Å². The van der Waals surface area contributed by atoms with Crippen LogP contribution in [0.2, 0.25) is 0 Å². The van der Waals surface area contributed by atoms with Gasteiger partial charge in [-0.05, 0) is 25.0 Å². The Kier molecular flexibility index (Phi) is 6.97. The highest BCUT2D eigenvalue weighted by molar-refractivity contribution is 5.91. The molecule has 27 heavy (non-hydrogen) atoms. The molecule has 2 fully saturated rings. The van der Waals surface area contributed by atoms with E-state index in [1.807, 2.05) is 5.01 Å². The number of aliphatic hydroxyl groups is 1. The van der Waals surface area contributed by atoms with Crippen molar-refractivity contribution in [2.45, 2.75) is 25.1 Å². The van der Waals surface area contributed by atoms with E-state index in [1.165, 1.54) is 12.1 Å². The van der Waals surface area contributed by atoms with Gasteiger partial charge in [0, 0.05) is 26.2 Å². The number of alkyl halides is 3. The summed E-state index contributed by atoms with van der Waals surface area (Å²) >= 11 is 0. The third-order valence-electron chi connectivity index (χ3n) is 3.78. The molecule has 1 amide bonds. The van der Waals surface area contributed by atoms with Gasteiger partial charge in [0.1, 0.15) is 11.8 Å². The normalized spacial score (nSPS) is 17.5. The standard InChI is InChI=1S/C13H17FN4O2.C3H3F3O/c14-12-11(20-9-7-15-8-9)4-3-10(16-12)13(19)17-18-5-1-2-6-18;1-2(7)3(4,5)6/h3-4,9,15H,1-2,5-8H2,(H,17,19);7H,1H2. The summed E-state index contributed by atoms with van der Waals surface area (Å²) in [4.78, 5) is 15.6. The molecule has 3 heterocycles. The Hall–Kier alpha value is -2.40. The number of aromatic nitrogens is 1. The van der Waals surface area contributed by atoms with Crippen molar-refractivity contribution in [2.75, 3.05) is 26.2 Å². The molecule has 3 N–H and O–H groups in total. The summed E-state index contributed by atoms with van der Waals surface area (Å²) in [7, 11) is 0. The van der Waals surface area contributed by atoms with Gasteiger partial charge < -0.3 is 15.2 Å². The predicted molar refractivity (Wildman–Crippen MR) is 87.6 cm³/mol. The van der Waals surface area contributed by atoms with Gasteiger partial charge in [-0.25, -0.2) is 9.99 Å². The first kappa shape index (κ1) is 20.9. The highest BCUT2D eigenvalue weighted by Crippen LogP contribution is 2.20. The lowest BCUT2D eigenvalue weighted by Crippen LogP contribution is -2.50. The molecule has 150 valence electrons. The number of nitrogens with one attached hydrogen (secondary N) is 2. The Labute approximate surface area is 153 Å². The number of carbonyl (C=O) groups excluding carboxylic acids is 1. The summed E-state index contributed by atoms with van der Waals surface area (Å²) in [5.41, 5.74) is 2.78. The summed E-state index contributed by atoms with van der Waals surface area (Å²) < 4.78 is 51.7. The molecule has 2 aliphatic rings. The van der Waals surface area contributed by atoms with Crippen molar-refractivity contribution in [3.05, 3.63) is 36.1 Å². The third-order valence-corrected chi connectivity index (χ3v) is 3.78. The Morgan fingerprint density at radius 1 is 1.33 bits per heavy atom. The van der Waals surface area contributed by atoms with E-state index in [-0.39, 0.29) is 23.5 Å². The number of hydrogen-bond acceptors (Lipinski definition) is 6. The van der Waals surface area contributed by atoms with E-state index in [4.69, 9.17) is 9.84 Å². The number of allylic oxidation sites excluding steroid dienone is 1. The van der Waals surface area contributed by atoms with Crippen molar-refractivity contribution in [3.8, 4) is 5.75 Å². The second kappa shape index (κ2) is 9.00. The Balaban J connectivity index is 0.000000321. The molecule has 0 aromatic carbocycles. The molecule has 0 saturated carbocycles. The summed E-state index contributed by atoms with van der Waals surface area (Å²) in [6, 6.07) is 2.94. The smallest absolute Gasteiger partial charge is 0.448 e. The maximum Gasteiger partial charge on any atom is 0.448 e. The van der Waals surface area contributed by atoms with Crippen molar-refractivity contribution in [1.82, 2.24) is 20.7 Å². The van der Waals surface area contributed by atoms with E-state index in [0.29, 0.717) is 13.1 Å². The number of pyridine rings is 1. The number of amides is 1. The number of rotatable bonds is 4. The Morgan fingerprint density at radius 2 is 1.93 bits per heavy atom. The van der Waals surface area contributed by atoms with Crippen LogP contribution in [0.1, 0.15) is 23.3 Å². The van der Waals surface area contributed by atoms with Crippen LogP contribution in [0.3, 0.4) is 0 Å². The highest BCUT2D eigenvalue weighted by Gasteiger charge is 2.31. The second-order valence-electron chi connectivity index (χ2n) is 5.96. The van der Waals surface area contributed by atoms with E-state index >= 15 is 0 Å². The molecule has 3 rings (SSSR count). The van der Waals surface area contributed by atoms with Crippen LogP contribution in [0.15, 0.2) is 24.5 Å². The lowest BCUT2D eigenvalue weighted by atomic mass is 10.2. The highest BCUT2D eigenvalue weighted by atomic mass is 19.4. The average Bonchev–Trinajstić information content (AvgIpc) is 3.04. The van der Waals surface area contributed by atoms with Gasteiger partial charge in [-0.2, -0.15) is 17.6 Å². The summed E-state index contributed by atoms with van der Waals surface area (Å²) in [5, 5.41) is 12.4. The van der Waals surface area contributed by atoms with E-state index < -0.39 is 17.9 Å². The summed E-state index contributed by atoms with van der Waals surface area (Å²) in [5.74, 6) is -2.80. The van der Waals surface area contributed by atoms with Gasteiger partial charge in [-0.15, -0.1) is 0 Å². The molecular formula is C16H20F4N4O3. The minimum atomic E-state index is -4.64. The minimum Gasteiger partial charge on any atom is -0.505 e. The molecule has 1 aromatic heterocycles. The number of ether oxygens (including phenoxy) is 1. The predicted octanol–water partition coefficient (Wildman–Crippen LogP) is 1.93. The fourth-order valence-corrected chi connectivity index (χ4v) is 2.19. The zero-order valence-electron chi connectivity index (χ0n) is 14.4. The Bertz CT molecular complexity index is 674. The maximum atomic E-state index is 13.8. The number of hydrogen-bond donors (Lipinski definition) is 3. The van der Waals surface area contributed by atoms with Crippen LogP contribution < -0.4 is 15.5 Å². The SMILES string of the molecule is C=C(O)C(F)(F)F.O=C(NN1CCCC1)c1ccc(OC2CNC2)c(F)n1. The van der Waals surface area contributed by atoms with Crippen LogP contribution in [0.25, 0.3) is 0 Å². The van der Waals surface area contributed by atoms with E-state index in [2.05, 4.69) is 22.3 Å². The number of hydrazine groups is 1. The van der Waals surface area contributed by atoms with Gasteiger partial charge in [0.05, 0.1) is 0 Å². The van der Waals surface area contributed by atoms with Crippen molar-refractivity contribution >= 4 is 5.91 Å². The maximum absolute atomic E-state index is 13.8. The molecule has 0 bridgehead atoms. The van der Waals surface area contributed by atoms with Crippen LogP contribution in [0.4, 0.5) is 17.6 Å². The monoisotopic (exact) mass is 392 g/mol. The number of nitrogens with zero attached hydrogens (tertiary/aromatic N) is 2. The Morgan fingerprint density at radius 3 is 2.37 bits per heavy atom. The third kappa shape index (κ3) is 6.36. The van der Waals surface area contributed by atoms with Crippen molar-refractivity contribution in [1.29, 1.82) is 0 Å². The van der Waals surface area contributed by atoms with Gasteiger partial charge in [0.15, 0.2) is 11.5 Å². The molecule has 0 aliphatic carbocycles. The lowest BCUT2D eigenvalue weighted by Gasteiger charge is -2.27. The van der Waals surface area contributed by atoms with Gasteiger partial charge >= 0.3 is 6.18 Å². The van der Waals surface area contributed by atoms with Gasteiger partial charge in [-0.1, -0.05) is 6.58 Å². The molecule has 2 saturated heterocycles. The molecule has 0 unspecified atom stereocenters. The van der Waals surface area contributed by atoms with Gasteiger partial charge in [-0.3, -0.25) is 10.2 Å². The molecule has 2 aliphatic heterocycles. The van der Waals surface area contributed by atoms with Gasteiger partial charge in [0.25, 0.3) is 11.9 Å². The molecule has 0 spiro atoms. The zero-order chi connectivity index (χ0) is 20.0. The van der Waals surface area contributed by atoms with E-state index in [9.17, 15) is 22.4 Å². The van der Waals surface area contributed by atoms with Crippen LogP contribution in [-0.4, -0.2) is 59.5 Å². The van der Waals surface area contributed by atoms with Crippen molar-refractivity contribution in [2.24, 2.45) is 0 Å². The average molecular weight is 392 g/mol.